The highest BCUT2D eigenvalue weighted by atomic mass is 32.2. The third-order valence-electron chi connectivity index (χ3n) is 4.04. The summed E-state index contributed by atoms with van der Waals surface area (Å²) in [6.45, 7) is 7.72. The van der Waals surface area contributed by atoms with Gasteiger partial charge in [-0.3, -0.25) is 4.79 Å². The molecule has 3 N–H and O–H groups in total. The summed E-state index contributed by atoms with van der Waals surface area (Å²) in [4.78, 5) is 14.6. The first-order chi connectivity index (χ1) is 11.8. The first-order valence-corrected chi connectivity index (χ1v) is 9.60. The number of hydrogen-bond donors (Lipinski definition) is 2. The van der Waals surface area contributed by atoms with Gasteiger partial charge in [-0.2, -0.15) is 0 Å². The van der Waals surface area contributed by atoms with Crippen LogP contribution in [0.15, 0.2) is 47.4 Å². The van der Waals surface area contributed by atoms with Gasteiger partial charge in [-0.25, -0.2) is 13.6 Å². The molecule has 0 aliphatic heterocycles. The van der Waals surface area contributed by atoms with Gasteiger partial charge in [0, 0.05) is 30.0 Å². The van der Waals surface area contributed by atoms with Crippen molar-refractivity contribution in [3.05, 3.63) is 53.6 Å². The maximum Gasteiger partial charge on any atom is 0.255 e. The summed E-state index contributed by atoms with van der Waals surface area (Å²) >= 11 is 0. The molecule has 0 saturated carbocycles. The fourth-order valence-electron chi connectivity index (χ4n) is 2.57. The molecule has 2 aromatic rings. The van der Waals surface area contributed by atoms with Crippen LogP contribution in [0.5, 0.6) is 0 Å². The Morgan fingerprint density at radius 2 is 1.68 bits per heavy atom. The number of amides is 1. The van der Waals surface area contributed by atoms with Crippen molar-refractivity contribution in [1.29, 1.82) is 0 Å². The number of nitrogens with zero attached hydrogens (tertiary/aromatic N) is 1. The minimum absolute atomic E-state index is 0.0832. The van der Waals surface area contributed by atoms with E-state index in [4.69, 9.17) is 5.14 Å². The third kappa shape index (κ3) is 4.58. The summed E-state index contributed by atoms with van der Waals surface area (Å²) in [5, 5.41) is 7.92. The lowest BCUT2D eigenvalue weighted by atomic mass is 10.1. The first kappa shape index (κ1) is 19.0. The van der Waals surface area contributed by atoms with Gasteiger partial charge in [0.25, 0.3) is 5.91 Å². The predicted molar refractivity (Wildman–Crippen MR) is 101 cm³/mol. The number of carbonyl (C=O) groups excluding carboxylic acids is 1. The fourth-order valence-corrected chi connectivity index (χ4v) is 3.11. The van der Waals surface area contributed by atoms with Crippen LogP contribution in [0.2, 0.25) is 0 Å². The maximum atomic E-state index is 12.5. The molecule has 0 fully saturated rings. The van der Waals surface area contributed by atoms with Crippen molar-refractivity contribution < 1.29 is 13.2 Å². The van der Waals surface area contributed by atoms with Crippen LogP contribution >= 0.6 is 0 Å². The Morgan fingerprint density at radius 1 is 1.08 bits per heavy atom. The van der Waals surface area contributed by atoms with Gasteiger partial charge in [0.15, 0.2) is 0 Å². The highest BCUT2D eigenvalue weighted by Gasteiger charge is 2.15. The standard InChI is InChI=1S/C18H23N3O3S/c1-4-21(5-2)15-9-7-14(8-10-15)20-18(22)17-12-16(25(19,23)24)11-6-13(17)3/h6-12H,4-5H2,1-3H3,(H,20,22)(H2,19,23,24). The number of aryl methyl sites for hydroxylation is 1. The largest absolute Gasteiger partial charge is 0.372 e. The van der Waals surface area contributed by atoms with E-state index in [9.17, 15) is 13.2 Å². The van der Waals surface area contributed by atoms with Gasteiger partial charge in [0.2, 0.25) is 10.0 Å². The molecule has 0 atom stereocenters. The number of anilines is 2. The Balaban J connectivity index is 2.22. The molecule has 0 bridgehead atoms. The number of primary sulfonamides is 1. The van der Waals surface area contributed by atoms with Crippen molar-refractivity contribution in [3.63, 3.8) is 0 Å². The second-order valence-corrected chi connectivity index (χ2v) is 7.26. The molecular formula is C18H23N3O3S. The van der Waals surface area contributed by atoms with Crippen LogP contribution < -0.4 is 15.4 Å². The van der Waals surface area contributed by atoms with E-state index < -0.39 is 10.0 Å². The molecule has 7 heteroatoms. The summed E-state index contributed by atoms with van der Waals surface area (Å²) in [6, 6.07) is 11.8. The Labute approximate surface area is 148 Å². The minimum atomic E-state index is -3.85. The van der Waals surface area contributed by atoms with Gasteiger partial charge in [0.1, 0.15) is 0 Å². The second kappa shape index (κ2) is 7.67. The van der Waals surface area contributed by atoms with Crippen LogP contribution in [-0.4, -0.2) is 27.4 Å². The van der Waals surface area contributed by atoms with Crippen molar-refractivity contribution in [2.45, 2.75) is 25.7 Å². The third-order valence-corrected chi connectivity index (χ3v) is 4.95. The van der Waals surface area contributed by atoms with Crippen LogP contribution in [-0.2, 0) is 10.0 Å². The van der Waals surface area contributed by atoms with E-state index in [2.05, 4.69) is 24.1 Å². The van der Waals surface area contributed by atoms with Crippen molar-refractivity contribution in [1.82, 2.24) is 0 Å². The van der Waals surface area contributed by atoms with E-state index in [1.54, 1.807) is 13.0 Å². The van der Waals surface area contributed by atoms with Gasteiger partial charge in [0.05, 0.1) is 4.90 Å². The summed E-state index contributed by atoms with van der Waals surface area (Å²) in [5.74, 6) is -0.376. The van der Waals surface area contributed by atoms with Crippen molar-refractivity contribution in [2.75, 3.05) is 23.3 Å². The molecule has 0 saturated heterocycles. The quantitative estimate of drug-likeness (QED) is 0.827. The van der Waals surface area contributed by atoms with Crippen LogP contribution in [0, 0.1) is 6.92 Å². The lowest BCUT2D eigenvalue weighted by Crippen LogP contribution is -2.21. The number of carbonyl (C=O) groups is 1. The van der Waals surface area contributed by atoms with E-state index in [1.807, 2.05) is 24.3 Å². The molecule has 0 radical (unpaired) electrons. The summed E-state index contributed by atoms with van der Waals surface area (Å²) in [7, 11) is -3.85. The normalized spacial score (nSPS) is 11.2. The van der Waals surface area contributed by atoms with Gasteiger partial charge < -0.3 is 10.2 Å². The van der Waals surface area contributed by atoms with Crippen LogP contribution in [0.1, 0.15) is 29.8 Å². The molecule has 1 amide bonds. The molecule has 0 spiro atoms. The number of hydrogen-bond acceptors (Lipinski definition) is 4. The molecule has 2 rings (SSSR count). The smallest absolute Gasteiger partial charge is 0.255 e. The molecular weight excluding hydrogens is 338 g/mol. The minimum Gasteiger partial charge on any atom is -0.372 e. The average molecular weight is 361 g/mol. The lowest BCUT2D eigenvalue weighted by Gasteiger charge is -2.21. The number of nitrogens with one attached hydrogen (secondary N) is 1. The fraction of sp³-hybridized carbons (Fsp3) is 0.278. The van der Waals surface area contributed by atoms with E-state index in [0.717, 1.165) is 18.8 Å². The molecule has 134 valence electrons. The highest BCUT2D eigenvalue weighted by Crippen LogP contribution is 2.20. The monoisotopic (exact) mass is 361 g/mol. The number of benzene rings is 2. The van der Waals surface area contributed by atoms with Crippen molar-refractivity contribution in [3.8, 4) is 0 Å². The van der Waals surface area contributed by atoms with Crippen LogP contribution in [0.4, 0.5) is 11.4 Å². The molecule has 0 heterocycles. The van der Waals surface area contributed by atoms with Crippen molar-refractivity contribution in [2.24, 2.45) is 5.14 Å². The van der Waals surface area contributed by atoms with E-state index in [-0.39, 0.29) is 16.4 Å². The summed E-state index contributed by atoms with van der Waals surface area (Å²) in [5.41, 5.74) is 2.67. The Hall–Kier alpha value is -2.38. The van der Waals surface area contributed by atoms with Crippen LogP contribution in [0.3, 0.4) is 0 Å². The zero-order chi connectivity index (χ0) is 18.6. The van der Waals surface area contributed by atoms with Crippen LogP contribution in [0.25, 0.3) is 0 Å². The molecule has 6 nitrogen and oxygen atoms in total. The molecule has 0 aromatic heterocycles. The van der Waals surface area contributed by atoms with Gasteiger partial charge in [-0.05, 0) is 62.7 Å². The molecule has 0 unspecified atom stereocenters. The average Bonchev–Trinajstić information content (AvgIpc) is 2.56. The number of nitrogens with two attached hydrogens (primary N) is 1. The van der Waals surface area contributed by atoms with Gasteiger partial charge >= 0.3 is 0 Å². The first-order valence-electron chi connectivity index (χ1n) is 8.06. The predicted octanol–water partition coefficient (Wildman–Crippen LogP) is 2.74. The van der Waals surface area contributed by atoms with E-state index in [0.29, 0.717) is 11.3 Å². The van der Waals surface area contributed by atoms with Gasteiger partial charge in [-0.15, -0.1) is 0 Å². The SMILES string of the molecule is CCN(CC)c1ccc(NC(=O)c2cc(S(N)(=O)=O)ccc2C)cc1. The molecule has 0 aliphatic carbocycles. The Morgan fingerprint density at radius 3 is 2.20 bits per heavy atom. The zero-order valence-corrected chi connectivity index (χ0v) is 15.4. The topological polar surface area (TPSA) is 92.5 Å². The molecule has 2 aromatic carbocycles. The van der Waals surface area contributed by atoms with Crippen molar-refractivity contribution >= 4 is 27.3 Å². The van der Waals surface area contributed by atoms with E-state index in [1.165, 1.54) is 12.1 Å². The maximum absolute atomic E-state index is 12.5. The Bertz CT molecular complexity index is 858. The number of rotatable bonds is 6. The zero-order valence-electron chi connectivity index (χ0n) is 14.6. The highest BCUT2D eigenvalue weighted by molar-refractivity contribution is 7.89. The summed E-state index contributed by atoms with van der Waals surface area (Å²) in [6.07, 6.45) is 0. The summed E-state index contributed by atoms with van der Waals surface area (Å²) < 4.78 is 23.0. The lowest BCUT2D eigenvalue weighted by molar-refractivity contribution is 0.102. The molecule has 0 aliphatic rings. The Kier molecular flexibility index (Phi) is 5.81. The number of sulfonamides is 1. The van der Waals surface area contributed by atoms with Gasteiger partial charge in [-0.1, -0.05) is 6.07 Å². The molecule has 25 heavy (non-hydrogen) atoms. The second-order valence-electron chi connectivity index (χ2n) is 5.70. The van der Waals surface area contributed by atoms with E-state index >= 15 is 0 Å².